The molecule has 32 heavy (non-hydrogen) atoms. The molecule has 0 saturated carbocycles. The first-order chi connectivity index (χ1) is 15.5. The zero-order valence-electron chi connectivity index (χ0n) is 17.9. The number of carbonyl (C=O) groups is 1. The van der Waals surface area contributed by atoms with Crippen LogP contribution >= 0.6 is 34.4 Å². The molecule has 0 spiro atoms. The Morgan fingerprint density at radius 3 is 2.88 bits per heavy atom. The lowest BCUT2D eigenvalue weighted by Crippen LogP contribution is -2.39. The van der Waals surface area contributed by atoms with Crippen molar-refractivity contribution in [3.05, 3.63) is 69.5 Å². The molecular weight excluding hydrogens is 456 g/mol. The third kappa shape index (κ3) is 4.88. The maximum Gasteiger partial charge on any atom is 0.241 e. The fourth-order valence-electron chi connectivity index (χ4n) is 4.10. The van der Waals surface area contributed by atoms with Gasteiger partial charge in [0.05, 0.1) is 26.3 Å². The van der Waals surface area contributed by atoms with Crippen LogP contribution in [0.25, 0.3) is 10.2 Å². The van der Waals surface area contributed by atoms with Gasteiger partial charge in [-0.05, 0) is 62.7 Å². The Hall–Kier alpha value is -2.26. The van der Waals surface area contributed by atoms with Gasteiger partial charge in [0.25, 0.3) is 0 Å². The van der Waals surface area contributed by atoms with Gasteiger partial charge in [0, 0.05) is 40.0 Å². The van der Waals surface area contributed by atoms with Gasteiger partial charge in [0.15, 0.2) is 0 Å². The van der Waals surface area contributed by atoms with E-state index in [1.807, 2.05) is 49.5 Å². The van der Waals surface area contributed by atoms with Crippen molar-refractivity contribution in [2.24, 2.45) is 0 Å². The molecule has 0 aliphatic carbocycles. The largest absolute Gasteiger partial charge is 0.325 e. The molecule has 1 aliphatic heterocycles. The van der Waals surface area contributed by atoms with E-state index in [1.54, 1.807) is 34.4 Å². The highest BCUT2D eigenvalue weighted by molar-refractivity contribution is 7.99. The van der Waals surface area contributed by atoms with Crippen molar-refractivity contribution in [3.63, 3.8) is 0 Å². The zero-order chi connectivity index (χ0) is 22.1. The van der Waals surface area contributed by atoms with Gasteiger partial charge in [-0.15, -0.1) is 34.4 Å². The van der Waals surface area contributed by atoms with Crippen LogP contribution in [0.2, 0.25) is 0 Å². The third-order valence-electron chi connectivity index (χ3n) is 5.51. The van der Waals surface area contributed by atoms with Crippen LogP contribution in [0.3, 0.4) is 0 Å². The second-order valence-electron chi connectivity index (χ2n) is 8.01. The van der Waals surface area contributed by atoms with Crippen molar-refractivity contribution in [2.45, 2.75) is 43.1 Å². The molecule has 2 atom stereocenters. The number of hydrogen-bond acceptors (Lipinski definition) is 7. The van der Waals surface area contributed by atoms with E-state index in [9.17, 15) is 4.79 Å². The van der Waals surface area contributed by atoms with E-state index in [0.717, 1.165) is 45.4 Å². The SMILES string of the molecule is Cc1ccc(CN2C[C@H](Sc3ccccn3)C[C@H]2C(=O)Nc2ccc3sc(C)nc3c2)s1. The fourth-order valence-corrected chi connectivity index (χ4v) is 6.99. The molecule has 5 nitrogen and oxygen atoms in total. The van der Waals surface area contributed by atoms with Crippen molar-refractivity contribution < 1.29 is 4.79 Å². The summed E-state index contributed by atoms with van der Waals surface area (Å²) in [5.74, 6) is 0.0497. The molecular formula is C24H24N4OS3. The van der Waals surface area contributed by atoms with E-state index < -0.39 is 0 Å². The molecule has 4 aromatic rings. The summed E-state index contributed by atoms with van der Waals surface area (Å²) < 4.78 is 1.14. The number of aryl methyl sites for hydroxylation is 2. The summed E-state index contributed by atoms with van der Waals surface area (Å²) in [5.41, 5.74) is 1.74. The van der Waals surface area contributed by atoms with Crippen molar-refractivity contribution in [2.75, 3.05) is 11.9 Å². The Bertz CT molecular complexity index is 1240. The van der Waals surface area contributed by atoms with Gasteiger partial charge in [-0.25, -0.2) is 9.97 Å². The maximum atomic E-state index is 13.4. The van der Waals surface area contributed by atoms with Crippen molar-refractivity contribution in [1.29, 1.82) is 0 Å². The standard InChI is InChI=1S/C24H24N4OS3/c1-15-6-8-18(30-15)13-28-14-19(32-23-5-3-4-10-25-23)12-21(28)24(29)27-17-7-9-22-20(11-17)26-16(2)31-22/h3-11,19,21H,12-14H2,1-2H3,(H,27,29)/t19-,21+/m1/s1. The van der Waals surface area contributed by atoms with Gasteiger partial charge in [0.1, 0.15) is 0 Å². The first-order valence-electron chi connectivity index (χ1n) is 10.6. The third-order valence-corrected chi connectivity index (χ3v) is 8.60. The van der Waals surface area contributed by atoms with Crippen LogP contribution in [0.15, 0.2) is 59.8 Å². The maximum absolute atomic E-state index is 13.4. The molecule has 1 amide bonds. The predicted octanol–water partition coefficient (Wildman–Crippen LogP) is 5.74. The fraction of sp³-hybridized carbons (Fsp3) is 0.292. The van der Waals surface area contributed by atoms with E-state index in [4.69, 9.17) is 0 Å². The summed E-state index contributed by atoms with van der Waals surface area (Å²) >= 11 is 5.24. The van der Waals surface area contributed by atoms with Gasteiger partial charge < -0.3 is 5.32 Å². The van der Waals surface area contributed by atoms with E-state index in [-0.39, 0.29) is 11.9 Å². The molecule has 0 unspecified atom stereocenters. The Labute approximate surface area is 199 Å². The Balaban J connectivity index is 1.34. The molecule has 8 heteroatoms. The number of thioether (sulfide) groups is 1. The van der Waals surface area contributed by atoms with Crippen LogP contribution in [-0.4, -0.2) is 38.6 Å². The highest BCUT2D eigenvalue weighted by atomic mass is 32.2. The number of thiazole rings is 1. The summed E-state index contributed by atoms with van der Waals surface area (Å²) in [4.78, 5) is 27.3. The number of fused-ring (bicyclic) bond motifs is 1. The van der Waals surface area contributed by atoms with Crippen LogP contribution in [0.4, 0.5) is 5.69 Å². The first-order valence-corrected chi connectivity index (χ1v) is 13.1. The number of benzene rings is 1. The molecule has 1 saturated heterocycles. The lowest BCUT2D eigenvalue weighted by Gasteiger charge is -2.23. The minimum Gasteiger partial charge on any atom is -0.325 e. The number of carbonyl (C=O) groups excluding carboxylic acids is 1. The zero-order valence-corrected chi connectivity index (χ0v) is 20.4. The highest BCUT2D eigenvalue weighted by Gasteiger charge is 2.37. The number of nitrogens with one attached hydrogen (secondary N) is 1. The van der Waals surface area contributed by atoms with E-state index >= 15 is 0 Å². The minimum absolute atomic E-state index is 0.0497. The average Bonchev–Trinajstić information content (AvgIpc) is 3.46. The number of nitrogens with zero attached hydrogens (tertiary/aromatic N) is 3. The van der Waals surface area contributed by atoms with E-state index in [2.05, 4.69) is 39.2 Å². The predicted molar refractivity (Wildman–Crippen MR) is 135 cm³/mol. The van der Waals surface area contributed by atoms with Crippen LogP contribution in [0.1, 0.15) is 21.2 Å². The molecule has 1 N–H and O–H groups in total. The number of likely N-dealkylation sites (tertiary alicyclic amines) is 1. The second-order valence-corrected chi connectivity index (χ2v) is 11.9. The van der Waals surface area contributed by atoms with Crippen molar-refractivity contribution >= 4 is 56.2 Å². The average molecular weight is 481 g/mol. The summed E-state index contributed by atoms with van der Waals surface area (Å²) in [7, 11) is 0. The normalized spacial score (nSPS) is 18.9. The minimum atomic E-state index is -0.175. The van der Waals surface area contributed by atoms with E-state index in [0.29, 0.717) is 5.25 Å². The smallest absolute Gasteiger partial charge is 0.241 e. The van der Waals surface area contributed by atoms with Gasteiger partial charge in [-0.1, -0.05) is 6.07 Å². The Morgan fingerprint density at radius 2 is 2.09 bits per heavy atom. The molecule has 3 aromatic heterocycles. The van der Waals surface area contributed by atoms with Gasteiger partial charge in [0.2, 0.25) is 5.91 Å². The number of aromatic nitrogens is 2. The lowest BCUT2D eigenvalue weighted by molar-refractivity contribution is -0.120. The topological polar surface area (TPSA) is 58.1 Å². The van der Waals surface area contributed by atoms with Gasteiger partial charge in [-0.3, -0.25) is 9.69 Å². The molecule has 5 rings (SSSR count). The van der Waals surface area contributed by atoms with Crippen molar-refractivity contribution in [1.82, 2.24) is 14.9 Å². The summed E-state index contributed by atoms with van der Waals surface area (Å²) in [6, 6.07) is 16.1. The number of pyridine rings is 1. The molecule has 1 aromatic carbocycles. The summed E-state index contributed by atoms with van der Waals surface area (Å²) in [6.45, 7) is 5.78. The van der Waals surface area contributed by atoms with Crippen LogP contribution in [0, 0.1) is 13.8 Å². The first kappa shape index (κ1) is 21.6. The van der Waals surface area contributed by atoms with Crippen LogP contribution in [-0.2, 0) is 11.3 Å². The molecule has 1 fully saturated rings. The second kappa shape index (κ2) is 9.31. The summed E-state index contributed by atoms with van der Waals surface area (Å²) in [6.07, 6.45) is 2.62. The molecule has 0 bridgehead atoms. The number of hydrogen-bond donors (Lipinski definition) is 1. The monoisotopic (exact) mass is 480 g/mol. The lowest BCUT2D eigenvalue weighted by atomic mass is 10.2. The van der Waals surface area contributed by atoms with E-state index in [1.165, 1.54) is 9.75 Å². The number of thiophene rings is 1. The number of anilines is 1. The number of amides is 1. The molecule has 0 radical (unpaired) electrons. The molecule has 4 heterocycles. The van der Waals surface area contributed by atoms with Crippen LogP contribution < -0.4 is 5.32 Å². The van der Waals surface area contributed by atoms with Crippen LogP contribution in [0.5, 0.6) is 0 Å². The highest BCUT2D eigenvalue weighted by Crippen LogP contribution is 2.34. The molecule has 164 valence electrons. The molecule has 1 aliphatic rings. The Kier molecular flexibility index (Phi) is 6.28. The quantitative estimate of drug-likeness (QED) is 0.381. The Morgan fingerprint density at radius 1 is 1.19 bits per heavy atom. The van der Waals surface area contributed by atoms with Gasteiger partial charge >= 0.3 is 0 Å². The van der Waals surface area contributed by atoms with Gasteiger partial charge in [-0.2, -0.15) is 0 Å². The number of rotatable bonds is 6. The van der Waals surface area contributed by atoms with Crippen molar-refractivity contribution in [3.8, 4) is 0 Å². The summed E-state index contributed by atoms with van der Waals surface area (Å²) in [5, 5.41) is 5.52.